The molecular weight excluding hydrogens is 489 g/mol. The Morgan fingerprint density at radius 1 is 0.519 bits per heavy atom. The normalized spacial score (nSPS) is 5.52. The van der Waals surface area contributed by atoms with Gasteiger partial charge in [-0.25, -0.2) is 24.3 Å². The Balaban J connectivity index is -0.0000000506. The Labute approximate surface area is 190 Å². The number of hydrogen-bond donors (Lipinski definition) is 0. The molecule has 4 nitrogen and oxygen atoms in total. The minimum Gasteiger partial charge on any atom is -0.214 e. The maximum Gasteiger partial charge on any atom is 0 e. The molecule has 4 radical (unpaired) electrons. The van der Waals surface area contributed by atoms with E-state index in [0.717, 1.165) is 0 Å². The van der Waals surface area contributed by atoms with E-state index in [9.17, 15) is 0 Å². The molecule has 3 aromatic carbocycles. The van der Waals surface area contributed by atoms with Gasteiger partial charge < -0.3 is 0 Å². The predicted octanol–water partition coefficient (Wildman–Crippen LogP) is 3.14. The van der Waals surface area contributed by atoms with Crippen LogP contribution in [-0.4, -0.2) is 16.9 Å². The van der Waals surface area contributed by atoms with Gasteiger partial charge in [-0.3, -0.25) is 0 Å². The van der Waals surface area contributed by atoms with Gasteiger partial charge in [-0.05, 0) is 0 Å². The van der Waals surface area contributed by atoms with Crippen molar-refractivity contribution in [2.45, 2.75) is 0 Å². The van der Waals surface area contributed by atoms with E-state index in [-0.39, 0.29) is 34.1 Å². The monoisotopic (exact) mass is 504 g/mol. The first-order valence-electron chi connectivity index (χ1n) is 6.28. The van der Waals surface area contributed by atoms with Crippen LogP contribution in [0.3, 0.4) is 0 Å². The van der Waals surface area contributed by atoms with Gasteiger partial charge in [0.1, 0.15) is 0 Å². The van der Waals surface area contributed by atoms with Crippen molar-refractivity contribution in [2.75, 3.05) is 0 Å². The van der Waals surface area contributed by atoms with Crippen LogP contribution in [0.2, 0.25) is 0 Å². The Hall–Kier alpha value is -1.52. The second-order valence-corrected chi connectivity index (χ2v) is 4.34. The zero-order chi connectivity index (χ0) is 20.2. The molecule has 0 heterocycles. The van der Waals surface area contributed by atoms with Gasteiger partial charge in [0, 0.05) is 34.1 Å². The molecule has 0 saturated carbocycles. The van der Waals surface area contributed by atoms with Crippen molar-refractivity contribution in [3.05, 3.63) is 118 Å². The first kappa shape index (κ1) is 40.2. The molecule has 0 aliphatic heterocycles. The van der Waals surface area contributed by atoms with Crippen molar-refractivity contribution in [3.8, 4) is 0 Å². The summed E-state index contributed by atoms with van der Waals surface area (Å²) >= 11 is 2.49. The van der Waals surface area contributed by atoms with Crippen LogP contribution >= 0.6 is 0 Å². The van der Waals surface area contributed by atoms with Crippen LogP contribution in [0, 0.1) is 26.6 Å². The van der Waals surface area contributed by atoms with E-state index in [1.807, 2.05) is 78.9 Å². The third-order valence-corrected chi connectivity index (χ3v) is 2.49. The van der Waals surface area contributed by atoms with Crippen LogP contribution in [0.15, 0.2) is 91.0 Å². The summed E-state index contributed by atoms with van der Waals surface area (Å²) in [6.07, 6.45) is 0. The Bertz CT molecular complexity index is 517. The fourth-order valence-corrected chi connectivity index (χ4v) is 1.43. The van der Waals surface area contributed by atoms with Gasteiger partial charge >= 0.3 is 96.7 Å². The van der Waals surface area contributed by atoms with Gasteiger partial charge in [-0.2, -0.15) is 36.4 Å². The average molecular weight is 504 g/mol. The zero-order valence-electron chi connectivity index (χ0n) is 14.0. The van der Waals surface area contributed by atoms with E-state index >= 15 is 0 Å². The molecule has 0 saturated heterocycles. The topological polar surface area (TPSA) is 79.6 Å². The fraction of sp³-hybridized carbons (Fsp3) is 0. The van der Waals surface area contributed by atoms with Crippen LogP contribution in [0.1, 0.15) is 0 Å². The molecule has 27 heavy (non-hydrogen) atoms. The summed E-state index contributed by atoms with van der Waals surface area (Å²) in [6.45, 7) is 18.0. The van der Waals surface area contributed by atoms with Crippen LogP contribution in [0.5, 0.6) is 0 Å². The van der Waals surface area contributed by atoms with Crippen LogP contribution in [0.4, 0.5) is 0 Å². The van der Waals surface area contributed by atoms with Crippen molar-refractivity contribution in [1.29, 1.82) is 0 Å². The van der Waals surface area contributed by atoms with Crippen molar-refractivity contribution in [3.63, 3.8) is 0 Å². The minimum absolute atomic E-state index is 0. The fourth-order valence-electron chi connectivity index (χ4n) is 1.07. The van der Waals surface area contributed by atoms with E-state index in [4.69, 9.17) is 18.6 Å². The molecule has 0 aliphatic carbocycles. The maximum absolute atomic E-state index is 7.50. The second-order valence-electron chi connectivity index (χ2n) is 3.26. The average Bonchev–Trinajstić information content (AvgIpc) is 3.47. The summed E-state index contributed by atoms with van der Waals surface area (Å²) < 4.78 is 31.3. The van der Waals surface area contributed by atoms with Gasteiger partial charge in [-0.1, -0.05) is 0 Å². The first-order valence-corrected chi connectivity index (χ1v) is 7.22. The molecule has 0 aliphatic rings. The summed E-state index contributed by atoms with van der Waals surface area (Å²) in [6, 6.07) is 30.2. The molecule has 3 rings (SSSR count). The van der Waals surface area contributed by atoms with Gasteiger partial charge in [0.05, 0.1) is 0 Å². The number of rotatable bonds is 0. The zero-order valence-corrected chi connectivity index (χ0v) is 18.2. The van der Waals surface area contributed by atoms with E-state index in [2.05, 4.69) is 55.6 Å². The molecule has 0 bridgehead atoms. The summed E-state index contributed by atoms with van der Waals surface area (Å²) in [5, 5.41) is 0. The second kappa shape index (κ2) is 49.7. The van der Waals surface area contributed by atoms with E-state index in [0.29, 0.717) is 0 Å². The molecule has 0 spiro atoms. The Morgan fingerprint density at radius 3 is 0.889 bits per heavy atom. The number of benzene rings is 1. The molecule has 0 aromatic heterocycles. The minimum atomic E-state index is 0. The van der Waals surface area contributed by atoms with Gasteiger partial charge in [0.2, 0.25) is 0 Å². The first-order chi connectivity index (χ1) is 12.4. The molecule has 7 heteroatoms. The third kappa shape index (κ3) is 45.5. The summed E-state index contributed by atoms with van der Waals surface area (Å²) in [5.41, 5.74) is 0. The maximum atomic E-state index is 7.50. The SMILES string of the molecule is [As]c1ccccc1.[C-]#[O+].[C-]#[O+].[C-]#[O+].[C-]#[O+].[Mn].[Mn].c1cc[cH-]c1.c1cc[cH-]c1. The van der Waals surface area contributed by atoms with E-state index < -0.39 is 0 Å². The third-order valence-electron chi connectivity index (χ3n) is 1.87. The predicted molar refractivity (Wildman–Crippen MR) is 91.6 cm³/mol. The molecule has 0 atom stereocenters. The number of hydrogen-bond acceptors (Lipinski definition) is 0. The van der Waals surface area contributed by atoms with Crippen LogP contribution < -0.4 is 4.35 Å². The molecule has 140 valence electrons. The Kier molecular flexibility index (Phi) is 74.1. The molecule has 0 fully saturated rings. The van der Waals surface area contributed by atoms with Crippen molar-refractivity contribution in [1.82, 2.24) is 0 Å². The summed E-state index contributed by atoms with van der Waals surface area (Å²) in [4.78, 5) is 0. The van der Waals surface area contributed by atoms with Crippen LogP contribution in [-0.2, 0) is 52.7 Å². The standard InChI is InChI=1S/C6H5As.2C5H5.4CO.2Mn/c7-6-4-2-1-3-5-6;2*1-2-4-5-3-1;4*1-2;;/h1-5H;2*1-5H;;;;;;/q;2*-1;;;;;;. The van der Waals surface area contributed by atoms with Crippen LogP contribution in [0.25, 0.3) is 0 Å². The molecule has 3 aromatic rings. The quantitative estimate of drug-likeness (QED) is 0.256. The van der Waals surface area contributed by atoms with Crippen molar-refractivity contribution < 1.29 is 52.7 Å². The van der Waals surface area contributed by atoms with E-state index in [1.165, 1.54) is 4.35 Å². The smallest absolute Gasteiger partial charge is 0 e. The summed E-state index contributed by atoms with van der Waals surface area (Å²) in [7, 11) is 0. The van der Waals surface area contributed by atoms with Crippen molar-refractivity contribution >= 4 is 21.2 Å². The largest absolute Gasteiger partial charge is 0.214 e. The van der Waals surface area contributed by atoms with E-state index in [1.54, 1.807) is 0 Å². The van der Waals surface area contributed by atoms with Gasteiger partial charge in [0.15, 0.2) is 0 Å². The van der Waals surface area contributed by atoms with Gasteiger partial charge in [0.25, 0.3) is 0 Å². The molecule has 0 unspecified atom stereocenters. The summed E-state index contributed by atoms with van der Waals surface area (Å²) in [5.74, 6) is 0. The molecule has 0 amide bonds. The molecular formula is C20H15AsMn2O4-2. The van der Waals surface area contributed by atoms with Crippen molar-refractivity contribution in [2.24, 2.45) is 0 Å². The molecule has 0 N–H and O–H groups in total. The Morgan fingerprint density at radius 2 is 0.778 bits per heavy atom. The van der Waals surface area contributed by atoms with Gasteiger partial charge in [-0.15, -0.1) is 0 Å².